The van der Waals surface area contributed by atoms with Gasteiger partial charge in [0.25, 0.3) is 0 Å². The molecule has 0 aliphatic heterocycles. The third-order valence-electron chi connectivity index (χ3n) is 1.48. The molecular weight excluding hydrogens is 144 g/mol. The Hall–Kier alpha value is -0.990. The molecule has 1 radical (unpaired) electrons. The van der Waals surface area contributed by atoms with E-state index in [1.165, 1.54) is 0 Å². The molecule has 0 saturated carbocycles. The summed E-state index contributed by atoms with van der Waals surface area (Å²) in [4.78, 5) is 10.5. The van der Waals surface area contributed by atoms with E-state index in [9.17, 15) is 4.79 Å². The Labute approximate surface area is 65.0 Å². The van der Waals surface area contributed by atoms with E-state index in [1.54, 1.807) is 0 Å². The van der Waals surface area contributed by atoms with Crippen LogP contribution in [0.2, 0.25) is 0 Å². The summed E-state index contributed by atoms with van der Waals surface area (Å²) in [5.74, 6) is 0.293. The summed E-state index contributed by atoms with van der Waals surface area (Å²) in [6.07, 6.45) is 2.79. The smallest absolute Gasteiger partial charge is 0.396 e. The second-order valence-corrected chi connectivity index (χ2v) is 2.40. The molecule has 0 amide bonds. The maximum absolute atomic E-state index is 10.5. The molecule has 0 bridgehead atoms. The van der Waals surface area contributed by atoms with Crippen molar-refractivity contribution in [2.45, 2.75) is 26.2 Å². The maximum atomic E-state index is 10.5. The lowest BCUT2D eigenvalue weighted by molar-refractivity contribution is 0.370. The van der Waals surface area contributed by atoms with E-state index >= 15 is 0 Å². The summed E-state index contributed by atoms with van der Waals surface area (Å²) in [6.45, 7) is 5.60. The molecule has 0 atom stereocenters. The number of unbranched alkanes of at least 4 members (excludes halogenated alkanes) is 1. The number of hydrogen-bond donors (Lipinski definition) is 0. The van der Waals surface area contributed by atoms with E-state index in [1.807, 2.05) is 0 Å². The highest BCUT2D eigenvalue weighted by molar-refractivity contribution is 5.06. The van der Waals surface area contributed by atoms with Gasteiger partial charge in [-0.05, 0) is 6.42 Å². The Bertz CT molecular complexity index is 269. The highest BCUT2D eigenvalue weighted by atomic mass is 16.6. The van der Waals surface area contributed by atoms with Crippen molar-refractivity contribution in [3.63, 3.8) is 0 Å². The van der Waals surface area contributed by atoms with Crippen molar-refractivity contribution < 1.29 is 8.83 Å². The molecule has 1 rings (SSSR count). The topological polar surface area (TPSA) is 43.4 Å². The average molecular weight is 155 g/mol. The number of rotatable bonds is 3. The predicted octanol–water partition coefficient (Wildman–Crippen LogP) is 1.76. The molecule has 3 heteroatoms. The lowest BCUT2D eigenvalue weighted by Gasteiger charge is -1.91. The van der Waals surface area contributed by atoms with Gasteiger partial charge in [-0.2, -0.15) is 0 Å². The molecule has 61 valence electrons. The fourth-order valence-corrected chi connectivity index (χ4v) is 0.864. The van der Waals surface area contributed by atoms with Crippen LogP contribution >= 0.6 is 0 Å². The largest absolute Gasteiger partial charge is 0.519 e. The van der Waals surface area contributed by atoms with Crippen LogP contribution < -0.4 is 5.82 Å². The Morgan fingerprint density at radius 2 is 2.18 bits per heavy atom. The van der Waals surface area contributed by atoms with Crippen LogP contribution in [0.4, 0.5) is 0 Å². The molecule has 1 aromatic rings. The van der Waals surface area contributed by atoms with Crippen LogP contribution in [-0.2, 0) is 6.42 Å². The standard InChI is InChI=1S/C8H11O3/c1-3-4-5-7-6(2)10-8(9)11-7/h2-5H2,1H3. The Morgan fingerprint density at radius 3 is 2.64 bits per heavy atom. The molecule has 0 spiro atoms. The van der Waals surface area contributed by atoms with Gasteiger partial charge in [0.05, 0.1) is 0 Å². The van der Waals surface area contributed by atoms with Crippen LogP contribution in [0.1, 0.15) is 31.3 Å². The van der Waals surface area contributed by atoms with E-state index in [4.69, 9.17) is 4.42 Å². The van der Waals surface area contributed by atoms with E-state index in [-0.39, 0.29) is 0 Å². The molecule has 11 heavy (non-hydrogen) atoms. The minimum atomic E-state index is -0.652. The minimum absolute atomic E-state index is 0.364. The van der Waals surface area contributed by atoms with Crippen molar-refractivity contribution in [1.29, 1.82) is 0 Å². The summed E-state index contributed by atoms with van der Waals surface area (Å²) >= 11 is 0. The van der Waals surface area contributed by atoms with E-state index < -0.39 is 5.82 Å². The molecule has 3 nitrogen and oxygen atoms in total. The highest BCUT2D eigenvalue weighted by Gasteiger charge is 2.06. The minimum Gasteiger partial charge on any atom is -0.396 e. The molecule has 0 N–H and O–H groups in total. The van der Waals surface area contributed by atoms with Gasteiger partial charge in [0, 0.05) is 13.3 Å². The second-order valence-electron chi connectivity index (χ2n) is 2.40. The fourth-order valence-electron chi connectivity index (χ4n) is 0.864. The Balaban J connectivity index is 2.69. The predicted molar refractivity (Wildman–Crippen MR) is 40.3 cm³/mol. The SMILES string of the molecule is [CH2]c1oc(=O)oc1CCCC. The molecular formula is C8H11O3. The summed E-state index contributed by atoms with van der Waals surface area (Å²) in [7, 11) is 0. The van der Waals surface area contributed by atoms with Gasteiger partial charge in [-0.25, -0.2) is 4.79 Å². The zero-order chi connectivity index (χ0) is 8.27. The third kappa shape index (κ3) is 1.97. The van der Waals surface area contributed by atoms with Crippen molar-refractivity contribution in [2.24, 2.45) is 0 Å². The van der Waals surface area contributed by atoms with Crippen molar-refractivity contribution in [3.8, 4) is 0 Å². The monoisotopic (exact) mass is 155 g/mol. The first-order valence-corrected chi connectivity index (χ1v) is 3.68. The molecule has 0 saturated heterocycles. The fraction of sp³-hybridized carbons (Fsp3) is 0.500. The molecule has 0 aliphatic rings. The van der Waals surface area contributed by atoms with Crippen LogP contribution in [0, 0.1) is 6.92 Å². The first kappa shape index (κ1) is 8.11. The van der Waals surface area contributed by atoms with Crippen molar-refractivity contribution >= 4 is 0 Å². The van der Waals surface area contributed by atoms with Crippen LogP contribution in [0.15, 0.2) is 13.6 Å². The molecule has 0 fully saturated rings. The second kappa shape index (κ2) is 3.42. The average Bonchev–Trinajstić information content (AvgIpc) is 2.26. The van der Waals surface area contributed by atoms with Gasteiger partial charge < -0.3 is 8.83 Å². The summed E-state index contributed by atoms with van der Waals surface area (Å²) in [5, 5.41) is 0. The third-order valence-corrected chi connectivity index (χ3v) is 1.48. The van der Waals surface area contributed by atoms with Crippen molar-refractivity contribution in [1.82, 2.24) is 0 Å². The Morgan fingerprint density at radius 1 is 1.45 bits per heavy atom. The zero-order valence-electron chi connectivity index (χ0n) is 6.55. The normalized spacial score (nSPS) is 10.4. The molecule has 0 aliphatic carbocycles. The first-order valence-electron chi connectivity index (χ1n) is 3.68. The lowest BCUT2D eigenvalue weighted by Crippen LogP contribution is -1.87. The van der Waals surface area contributed by atoms with Gasteiger partial charge in [0.1, 0.15) is 5.76 Å². The van der Waals surface area contributed by atoms with Crippen molar-refractivity contribution in [2.75, 3.05) is 0 Å². The molecule has 0 unspecified atom stereocenters. The summed E-state index contributed by atoms with van der Waals surface area (Å²) < 4.78 is 9.31. The van der Waals surface area contributed by atoms with Crippen molar-refractivity contribution in [3.05, 3.63) is 29.1 Å². The van der Waals surface area contributed by atoms with Gasteiger partial charge >= 0.3 is 5.82 Å². The van der Waals surface area contributed by atoms with Gasteiger partial charge in [-0.3, -0.25) is 0 Å². The van der Waals surface area contributed by atoms with Crippen LogP contribution in [-0.4, -0.2) is 0 Å². The van der Waals surface area contributed by atoms with Crippen LogP contribution in [0.5, 0.6) is 0 Å². The molecule has 0 aromatic carbocycles. The van der Waals surface area contributed by atoms with Gasteiger partial charge in [-0.15, -0.1) is 0 Å². The van der Waals surface area contributed by atoms with Crippen LogP contribution in [0.3, 0.4) is 0 Å². The van der Waals surface area contributed by atoms with E-state index in [2.05, 4.69) is 18.3 Å². The van der Waals surface area contributed by atoms with Gasteiger partial charge in [0.2, 0.25) is 0 Å². The molecule has 1 heterocycles. The number of aryl methyl sites for hydroxylation is 1. The first-order chi connectivity index (χ1) is 5.24. The van der Waals surface area contributed by atoms with Crippen LogP contribution in [0.25, 0.3) is 0 Å². The quantitative estimate of drug-likeness (QED) is 0.667. The highest BCUT2D eigenvalue weighted by Crippen LogP contribution is 2.08. The number of hydrogen-bond acceptors (Lipinski definition) is 3. The lowest BCUT2D eigenvalue weighted by atomic mass is 10.2. The Kier molecular flexibility index (Phi) is 2.52. The van der Waals surface area contributed by atoms with Gasteiger partial charge in [-0.1, -0.05) is 13.3 Å². The molecule has 1 aromatic heterocycles. The zero-order valence-corrected chi connectivity index (χ0v) is 6.55. The van der Waals surface area contributed by atoms with E-state index in [0.29, 0.717) is 11.5 Å². The van der Waals surface area contributed by atoms with E-state index in [0.717, 1.165) is 19.3 Å². The maximum Gasteiger partial charge on any atom is 0.519 e. The van der Waals surface area contributed by atoms with Gasteiger partial charge in [0.15, 0.2) is 5.76 Å². The summed E-state index contributed by atoms with van der Waals surface area (Å²) in [5.41, 5.74) is 0. The summed E-state index contributed by atoms with van der Waals surface area (Å²) in [6, 6.07) is 0.